The Hall–Kier alpha value is -2.75. The van der Waals surface area contributed by atoms with Gasteiger partial charge < -0.3 is 25.1 Å². The second-order valence-corrected chi connectivity index (χ2v) is 6.23. The van der Waals surface area contributed by atoms with E-state index in [0.717, 1.165) is 29.3 Å². The highest BCUT2D eigenvalue weighted by molar-refractivity contribution is 14.0. The van der Waals surface area contributed by atoms with Crippen molar-refractivity contribution >= 4 is 35.6 Å². The van der Waals surface area contributed by atoms with E-state index in [2.05, 4.69) is 25.6 Å². The number of imidazole rings is 1. The molecule has 1 aromatic heterocycles. The maximum absolute atomic E-state index is 5.64. The molecule has 3 rings (SSSR count). The lowest BCUT2D eigenvalue weighted by molar-refractivity contribution is 0.311. The molecule has 0 amide bonds. The van der Waals surface area contributed by atoms with Crippen LogP contribution in [0.2, 0.25) is 0 Å². The fourth-order valence-corrected chi connectivity index (χ4v) is 2.83. The molecule has 0 radical (unpaired) electrons. The van der Waals surface area contributed by atoms with Crippen LogP contribution in [0.3, 0.4) is 0 Å². The minimum Gasteiger partial charge on any atom is -0.493 e. The zero-order valence-corrected chi connectivity index (χ0v) is 19.8. The number of hydrogen-bond acceptors (Lipinski definition) is 4. The van der Waals surface area contributed by atoms with Gasteiger partial charge in [0.15, 0.2) is 17.5 Å². The van der Waals surface area contributed by atoms with Gasteiger partial charge >= 0.3 is 0 Å². The smallest absolute Gasteiger partial charge is 0.196 e. The first-order valence-electron chi connectivity index (χ1n) is 9.69. The lowest BCUT2D eigenvalue weighted by Crippen LogP contribution is -2.30. The first-order chi connectivity index (χ1) is 14.2. The van der Waals surface area contributed by atoms with E-state index in [-0.39, 0.29) is 24.0 Å². The summed E-state index contributed by atoms with van der Waals surface area (Å²) in [5.74, 6) is 2.85. The molecule has 0 atom stereocenters. The van der Waals surface area contributed by atoms with Crippen LogP contribution >= 0.6 is 24.0 Å². The number of rotatable bonds is 8. The van der Waals surface area contributed by atoms with Crippen LogP contribution in [-0.4, -0.2) is 36.2 Å². The van der Waals surface area contributed by atoms with Crippen LogP contribution in [0.15, 0.2) is 59.7 Å². The summed E-state index contributed by atoms with van der Waals surface area (Å²) in [5, 5.41) is 6.55. The van der Waals surface area contributed by atoms with E-state index in [1.54, 1.807) is 7.11 Å². The Morgan fingerprint density at radius 1 is 1.10 bits per heavy atom. The zero-order chi connectivity index (χ0) is 20.5. The van der Waals surface area contributed by atoms with Gasteiger partial charge in [0, 0.05) is 18.3 Å². The number of methoxy groups -OCH3 is 1. The summed E-state index contributed by atoms with van der Waals surface area (Å²) in [6.45, 7) is 5.70. The van der Waals surface area contributed by atoms with Crippen molar-refractivity contribution in [2.75, 3.05) is 25.6 Å². The topological polar surface area (TPSA) is 83.6 Å². The van der Waals surface area contributed by atoms with Crippen molar-refractivity contribution in [3.63, 3.8) is 0 Å². The molecule has 0 fully saturated rings. The minimum absolute atomic E-state index is 0. The number of hydrogen-bond donors (Lipinski definition) is 3. The first-order valence-corrected chi connectivity index (χ1v) is 9.69. The number of guanidine groups is 1. The summed E-state index contributed by atoms with van der Waals surface area (Å²) in [6.07, 6.45) is 1.83. The van der Waals surface area contributed by atoms with Gasteiger partial charge in [0.1, 0.15) is 12.4 Å². The lowest BCUT2D eigenvalue weighted by atomic mass is 10.2. The Bertz CT molecular complexity index is 944. The van der Waals surface area contributed by atoms with Crippen molar-refractivity contribution in [3.05, 3.63) is 60.6 Å². The molecule has 8 heteroatoms. The summed E-state index contributed by atoms with van der Waals surface area (Å²) >= 11 is 0. The monoisotopic (exact) mass is 521 g/mol. The van der Waals surface area contributed by atoms with Crippen LogP contribution in [0.4, 0.5) is 5.69 Å². The summed E-state index contributed by atoms with van der Waals surface area (Å²) in [7, 11) is 1.63. The number of aliphatic imine (C=N–C) groups is 1. The van der Waals surface area contributed by atoms with Gasteiger partial charge in [0.2, 0.25) is 0 Å². The quantitative estimate of drug-likeness (QED) is 0.228. The second kappa shape index (κ2) is 12.1. The Morgan fingerprint density at radius 3 is 2.60 bits per heavy atom. The fourth-order valence-electron chi connectivity index (χ4n) is 2.83. The maximum atomic E-state index is 5.64. The number of nitrogens with zero attached hydrogens (tertiary/aromatic N) is 2. The average molecular weight is 521 g/mol. The largest absolute Gasteiger partial charge is 0.493 e. The molecule has 160 valence electrons. The number of halogens is 1. The van der Waals surface area contributed by atoms with E-state index in [9.17, 15) is 0 Å². The first kappa shape index (κ1) is 23.5. The van der Waals surface area contributed by atoms with Gasteiger partial charge in [-0.1, -0.05) is 30.3 Å². The van der Waals surface area contributed by atoms with Gasteiger partial charge in [-0.05, 0) is 31.5 Å². The van der Waals surface area contributed by atoms with Crippen molar-refractivity contribution in [2.24, 2.45) is 4.99 Å². The summed E-state index contributed by atoms with van der Waals surface area (Å²) in [4.78, 5) is 12.4. The van der Waals surface area contributed by atoms with Gasteiger partial charge in [0.25, 0.3) is 0 Å². The van der Waals surface area contributed by atoms with Crippen LogP contribution in [0.5, 0.6) is 11.5 Å². The van der Waals surface area contributed by atoms with Crippen molar-refractivity contribution < 1.29 is 9.47 Å². The van der Waals surface area contributed by atoms with Gasteiger partial charge in [-0.15, -0.1) is 24.0 Å². The van der Waals surface area contributed by atoms with Gasteiger partial charge in [-0.3, -0.25) is 0 Å². The summed E-state index contributed by atoms with van der Waals surface area (Å²) < 4.78 is 11.0. The number of benzene rings is 2. The number of aromatic nitrogens is 2. The van der Waals surface area contributed by atoms with Crippen molar-refractivity contribution in [1.29, 1.82) is 0 Å². The fraction of sp³-hybridized carbons (Fsp3) is 0.273. The predicted octanol–water partition coefficient (Wildman–Crippen LogP) is 4.68. The highest BCUT2D eigenvalue weighted by atomic mass is 127. The number of H-pyrrole nitrogens is 1. The number of ether oxygens (including phenoxy) is 2. The molecule has 0 bridgehead atoms. The van der Waals surface area contributed by atoms with E-state index in [1.165, 1.54) is 0 Å². The average Bonchev–Trinajstić information content (AvgIpc) is 3.22. The molecule has 0 unspecified atom stereocenters. The SMILES string of the molecule is CCNC(=NCc1ncc(-c2ccccc2)[nH]1)Nc1ccc(OC)c(OCC)c1.I. The summed E-state index contributed by atoms with van der Waals surface area (Å²) in [6, 6.07) is 15.8. The van der Waals surface area contributed by atoms with Crippen LogP contribution in [0.1, 0.15) is 19.7 Å². The number of aromatic amines is 1. The van der Waals surface area contributed by atoms with E-state index < -0.39 is 0 Å². The van der Waals surface area contributed by atoms with Gasteiger partial charge in [-0.25, -0.2) is 9.98 Å². The van der Waals surface area contributed by atoms with Crippen LogP contribution in [0.25, 0.3) is 11.3 Å². The van der Waals surface area contributed by atoms with Crippen LogP contribution in [-0.2, 0) is 6.54 Å². The Labute approximate surface area is 194 Å². The third kappa shape index (κ3) is 6.38. The molecular formula is C22H28IN5O2. The maximum Gasteiger partial charge on any atom is 0.196 e. The molecule has 3 N–H and O–H groups in total. The van der Waals surface area contributed by atoms with Crippen molar-refractivity contribution in [2.45, 2.75) is 20.4 Å². The molecule has 3 aromatic rings. The minimum atomic E-state index is 0. The van der Waals surface area contributed by atoms with E-state index in [4.69, 9.17) is 9.47 Å². The molecule has 7 nitrogen and oxygen atoms in total. The van der Waals surface area contributed by atoms with E-state index in [1.807, 2.05) is 68.6 Å². The highest BCUT2D eigenvalue weighted by Crippen LogP contribution is 2.30. The Morgan fingerprint density at radius 2 is 1.90 bits per heavy atom. The molecule has 0 aliphatic heterocycles. The molecule has 0 aliphatic rings. The molecule has 2 aromatic carbocycles. The highest BCUT2D eigenvalue weighted by Gasteiger charge is 2.08. The molecule has 0 saturated heterocycles. The molecule has 0 aliphatic carbocycles. The van der Waals surface area contributed by atoms with Crippen LogP contribution in [0, 0.1) is 0 Å². The van der Waals surface area contributed by atoms with Gasteiger partial charge in [-0.2, -0.15) is 0 Å². The standard InChI is InChI=1S/C22H27N5O2.HI/c1-4-23-22(26-17-11-12-19(28-3)20(13-17)29-5-2)25-15-21-24-14-18(27-21)16-9-7-6-8-10-16;/h6-14H,4-5,15H2,1-3H3,(H,24,27)(H2,23,25,26);1H. The molecule has 1 heterocycles. The normalized spacial score (nSPS) is 10.8. The molecular weight excluding hydrogens is 493 g/mol. The van der Waals surface area contributed by atoms with E-state index in [0.29, 0.717) is 30.6 Å². The molecule has 0 spiro atoms. The number of nitrogens with one attached hydrogen (secondary N) is 3. The molecule has 30 heavy (non-hydrogen) atoms. The second-order valence-electron chi connectivity index (χ2n) is 6.23. The zero-order valence-electron chi connectivity index (χ0n) is 17.4. The third-order valence-corrected chi connectivity index (χ3v) is 4.17. The predicted molar refractivity (Wildman–Crippen MR) is 132 cm³/mol. The third-order valence-electron chi connectivity index (χ3n) is 4.17. The Balaban J connectivity index is 0.00000320. The summed E-state index contributed by atoms with van der Waals surface area (Å²) in [5.41, 5.74) is 2.94. The molecule has 0 saturated carbocycles. The van der Waals surface area contributed by atoms with Crippen molar-refractivity contribution in [3.8, 4) is 22.8 Å². The Kier molecular flexibility index (Phi) is 9.46. The van der Waals surface area contributed by atoms with E-state index >= 15 is 0 Å². The van der Waals surface area contributed by atoms with Crippen LogP contribution < -0.4 is 20.1 Å². The van der Waals surface area contributed by atoms with Crippen molar-refractivity contribution in [1.82, 2.24) is 15.3 Å². The van der Waals surface area contributed by atoms with Gasteiger partial charge in [0.05, 0.1) is 25.6 Å². The lowest BCUT2D eigenvalue weighted by Gasteiger charge is -2.14. The number of anilines is 1.